The summed E-state index contributed by atoms with van der Waals surface area (Å²) in [5.74, 6) is 1.42. The largest absolute Gasteiger partial charge is 0.356 e. The molecule has 0 aliphatic heterocycles. The number of carbonyl (C=O) groups excluding carboxylic acids is 1. The van der Waals surface area contributed by atoms with Gasteiger partial charge in [-0.2, -0.15) is 0 Å². The van der Waals surface area contributed by atoms with Crippen LogP contribution in [0.1, 0.15) is 25.8 Å². The predicted molar refractivity (Wildman–Crippen MR) is 107 cm³/mol. The van der Waals surface area contributed by atoms with Crippen LogP contribution in [0.5, 0.6) is 0 Å². The SMILES string of the molecule is CN=C(NCCC(=O)N(C)Cc1ccccc1)NCC(C)C.I. The molecule has 0 heterocycles. The van der Waals surface area contributed by atoms with E-state index in [1.54, 1.807) is 11.9 Å². The summed E-state index contributed by atoms with van der Waals surface area (Å²) in [4.78, 5) is 18.0. The molecule has 1 amide bonds. The first-order valence-corrected chi connectivity index (χ1v) is 7.75. The first-order chi connectivity index (χ1) is 10.5. The van der Waals surface area contributed by atoms with Crippen molar-refractivity contribution in [3.8, 4) is 0 Å². The minimum absolute atomic E-state index is 0. The fourth-order valence-corrected chi connectivity index (χ4v) is 1.95. The molecule has 0 aliphatic carbocycles. The van der Waals surface area contributed by atoms with Gasteiger partial charge < -0.3 is 15.5 Å². The lowest BCUT2D eigenvalue weighted by Crippen LogP contribution is -2.40. The van der Waals surface area contributed by atoms with Crippen molar-refractivity contribution in [3.05, 3.63) is 35.9 Å². The van der Waals surface area contributed by atoms with Gasteiger partial charge in [0.1, 0.15) is 0 Å². The highest BCUT2D eigenvalue weighted by Gasteiger charge is 2.09. The summed E-state index contributed by atoms with van der Waals surface area (Å²) < 4.78 is 0. The van der Waals surface area contributed by atoms with Crippen LogP contribution in [0.2, 0.25) is 0 Å². The van der Waals surface area contributed by atoms with E-state index in [2.05, 4.69) is 29.5 Å². The Kier molecular flexibility index (Phi) is 11.5. The Morgan fingerprint density at radius 2 is 1.87 bits per heavy atom. The van der Waals surface area contributed by atoms with E-state index >= 15 is 0 Å². The topological polar surface area (TPSA) is 56.7 Å². The van der Waals surface area contributed by atoms with E-state index < -0.39 is 0 Å². The van der Waals surface area contributed by atoms with Gasteiger partial charge in [-0.3, -0.25) is 9.79 Å². The zero-order valence-corrected chi connectivity index (χ0v) is 16.8. The number of nitrogens with one attached hydrogen (secondary N) is 2. The second kappa shape index (κ2) is 12.2. The molecule has 1 aromatic rings. The fraction of sp³-hybridized carbons (Fsp3) is 0.529. The third kappa shape index (κ3) is 9.43. The van der Waals surface area contributed by atoms with Crippen LogP contribution in [-0.4, -0.2) is 44.0 Å². The lowest BCUT2D eigenvalue weighted by Gasteiger charge is -2.18. The molecule has 1 rings (SSSR count). The standard InChI is InChI=1S/C17H28N4O.HI/c1-14(2)12-20-17(18-3)19-11-10-16(22)21(4)13-15-8-6-5-7-9-15;/h5-9,14H,10-13H2,1-4H3,(H2,18,19,20);1H. The molecule has 0 unspecified atom stereocenters. The zero-order chi connectivity index (χ0) is 16.4. The van der Waals surface area contributed by atoms with Crippen LogP contribution >= 0.6 is 24.0 Å². The summed E-state index contributed by atoms with van der Waals surface area (Å²) in [6.45, 7) is 6.36. The summed E-state index contributed by atoms with van der Waals surface area (Å²) in [7, 11) is 3.57. The van der Waals surface area contributed by atoms with Crippen molar-refractivity contribution in [2.75, 3.05) is 27.2 Å². The van der Waals surface area contributed by atoms with Crippen molar-refractivity contribution in [2.24, 2.45) is 10.9 Å². The normalized spacial score (nSPS) is 10.9. The van der Waals surface area contributed by atoms with Gasteiger partial charge in [-0.15, -0.1) is 24.0 Å². The van der Waals surface area contributed by atoms with E-state index in [0.717, 1.165) is 18.1 Å². The lowest BCUT2D eigenvalue weighted by molar-refractivity contribution is -0.130. The first-order valence-electron chi connectivity index (χ1n) is 7.75. The van der Waals surface area contributed by atoms with Crippen molar-refractivity contribution >= 4 is 35.8 Å². The van der Waals surface area contributed by atoms with Gasteiger partial charge in [0.05, 0.1) is 0 Å². The van der Waals surface area contributed by atoms with E-state index in [4.69, 9.17) is 0 Å². The molecule has 0 atom stereocenters. The molecule has 0 aliphatic rings. The van der Waals surface area contributed by atoms with E-state index in [1.807, 2.05) is 37.4 Å². The van der Waals surface area contributed by atoms with E-state index in [-0.39, 0.29) is 29.9 Å². The molecule has 0 saturated carbocycles. The number of rotatable bonds is 7. The molecule has 0 fully saturated rings. The minimum Gasteiger partial charge on any atom is -0.356 e. The third-order valence-corrected chi connectivity index (χ3v) is 3.22. The van der Waals surface area contributed by atoms with Crippen molar-refractivity contribution in [2.45, 2.75) is 26.8 Å². The number of nitrogens with zero attached hydrogens (tertiary/aromatic N) is 2. The Morgan fingerprint density at radius 3 is 2.43 bits per heavy atom. The molecule has 6 heteroatoms. The van der Waals surface area contributed by atoms with Crippen LogP contribution < -0.4 is 10.6 Å². The number of hydrogen-bond donors (Lipinski definition) is 2. The number of halogens is 1. The predicted octanol–water partition coefficient (Wildman–Crippen LogP) is 2.47. The van der Waals surface area contributed by atoms with Gasteiger partial charge in [0.25, 0.3) is 0 Å². The monoisotopic (exact) mass is 432 g/mol. The van der Waals surface area contributed by atoms with Crippen LogP contribution in [-0.2, 0) is 11.3 Å². The highest BCUT2D eigenvalue weighted by atomic mass is 127. The van der Waals surface area contributed by atoms with Crippen LogP contribution in [0.25, 0.3) is 0 Å². The quantitative estimate of drug-likeness (QED) is 0.396. The van der Waals surface area contributed by atoms with Crippen molar-refractivity contribution < 1.29 is 4.79 Å². The highest BCUT2D eigenvalue weighted by Crippen LogP contribution is 2.03. The maximum absolute atomic E-state index is 12.1. The second-order valence-electron chi connectivity index (χ2n) is 5.76. The average Bonchev–Trinajstić information content (AvgIpc) is 2.51. The number of hydrogen-bond acceptors (Lipinski definition) is 2. The molecule has 0 saturated heterocycles. The van der Waals surface area contributed by atoms with Crippen LogP contribution in [0.3, 0.4) is 0 Å². The molecular weight excluding hydrogens is 403 g/mol. The number of benzene rings is 1. The number of carbonyl (C=O) groups is 1. The summed E-state index contributed by atoms with van der Waals surface area (Å²) in [5.41, 5.74) is 1.14. The number of amides is 1. The van der Waals surface area contributed by atoms with Crippen molar-refractivity contribution in [3.63, 3.8) is 0 Å². The molecule has 5 nitrogen and oxygen atoms in total. The van der Waals surface area contributed by atoms with Crippen LogP contribution in [0, 0.1) is 5.92 Å². The molecule has 2 N–H and O–H groups in total. The Hall–Kier alpha value is -1.31. The van der Waals surface area contributed by atoms with Crippen LogP contribution in [0.15, 0.2) is 35.3 Å². The van der Waals surface area contributed by atoms with E-state index in [0.29, 0.717) is 25.4 Å². The Balaban J connectivity index is 0.00000484. The molecule has 23 heavy (non-hydrogen) atoms. The summed E-state index contributed by atoms with van der Waals surface area (Å²) >= 11 is 0. The summed E-state index contributed by atoms with van der Waals surface area (Å²) in [6, 6.07) is 10.0. The average molecular weight is 432 g/mol. The first kappa shape index (κ1) is 21.7. The lowest BCUT2D eigenvalue weighted by atomic mass is 10.2. The molecule has 1 aromatic carbocycles. The highest BCUT2D eigenvalue weighted by molar-refractivity contribution is 14.0. The molecular formula is C17H29IN4O. The van der Waals surface area contributed by atoms with Crippen LogP contribution in [0.4, 0.5) is 0 Å². The van der Waals surface area contributed by atoms with Gasteiger partial charge in [0, 0.05) is 40.2 Å². The van der Waals surface area contributed by atoms with E-state index in [9.17, 15) is 4.79 Å². The molecule has 130 valence electrons. The van der Waals surface area contributed by atoms with E-state index in [1.165, 1.54) is 0 Å². The third-order valence-electron chi connectivity index (χ3n) is 3.22. The Bertz CT molecular complexity index is 477. The second-order valence-corrected chi connectivity index (χ2v) is 5.76. The zero-order valence-electron chi connectivity index (χ0n) is 14.5. The molecule has 0 radical (unpaired) electrons. The maximum Gasteiger partial charge on any atom is 0.224 e. The van der Waals surface area contributed by atoms with Gasteiger partial charge in [0.15, 0.2) is 5.96 Å². The Labute approximate surface area is 157 Å². The maximum atomic E-state index is 12.1. The summed E-state index contributed by atoms with van der Waals surface area (Å²) in [6.07, 6.45) is 0.450. The minimum atomic E-state index is 0. The van der Waals surface area contributed by atoms with Gasteiger partial charge in [0.2, 0.25) is 5.91 Å². The molecule has 0 bridgehead atoms. The summed E-state index contributed by atoms with van der Waals surface area (Å²) in [5, 5.41) is 6.39. The van der Waals surface area contributed by atoms with Gasteiger partial charge in [-0.25, -0.2) is 0 Å². The van der Waals surface area contributed by atoms with Gasteiger partial charge >= 0.3 is 0 Å². The van der Waals surface area contributed by atoms with Crippen molar-refractivity contribution in [1.29, 1.82) is 0 Å². The van der Waals surface area contributed by atoms with Gasteiger partial charge in [-0.1, -0.05) is 44.2 Å². The number of guanidine groups is 1. The smallest absolute Gasteiger partial charge is 0.224 e. The fourth-order valence-electron chi connectivity index (χ4n) is 1.95. The molecule has 0 spiro atoms. The van der Waals surface area contributed by atoms with Crippen molar-refractivity contribution in [1.82, 2.24) is 15.5 Å². The van der Waals surface area contributed by atoms with Gasteiger partial charge in [-0.05, 0) is 11.5 Å². The Morgan fingerprint density at radius 1 is 1.22 bits per heavy atom. The number of aliphatic imine (C=N–C) groups is 1. The molecule has 0 aromatic heterocycles.